The fraction of sp³-hybridized carbons (Fsp3) is 0.0667. The number of hydrogen-bond acceptors (Lipinski definition) is 3. The van der Waals surface area contributed by atoms with Crippen LogP contribution in [0.25, 0.3) is 6.08 Å². The summed E-state index contributed by atoms with van der Waals surface area (Å²) in [5, 5.41) is 1.23. The van der Waals surface area contributed by atoms with E-state index in [1.165, 1.54) is 17.3 Å². The number of carbonyl (C=O) groups is 2. The van der Waals surface area contributed by atoms with Crippen molar-refractivity contribution in [2.75, 3.05) is 5.01 Å². The third-order valence-electron chi connectivity index (χ3n) is 3.01. The average Bonchev–Trinajstić information content (AvgIpc) is 3.04. The van der Waals surface area contributed by atoms with E-state index in [1.54, 1.807) is 24.3 Å². The van der Waals surface area contributed by atoms with Gasteiger partial charge >= 0.3 is 0 Å². The van der Waals surface area contributed by atoms with Crippen molar-refractivity contribution < 1.29 is 14.0 Å². The van der Waals surface area contributed by atoms with Crippen molar-refractivity contribution >= 4 is 23.6 Å². The first-order valence-electron chi connectivity index (χ1n) is 6.12. The molecule has 2 aromatic rings. The molecule has 1 aliphatic heterocycles. The Hall–Kier alpha value is -2.82. The Kier molecular flexibility index (Phi) is 2.87. The van der Waals surface area contributed by atoms with Gasteiger partial charge in [0.05, 0.1) is 12.0 Å². The predicted octanol–water partition coefficient (Wildman–Crippen LogP) is 2.05. The number of anilines is 1. The van der Waals surface area contributed by atoms with E-state index in [4.69, 9.17) is 4.42 Å². The van der Waals surface area contributed by atoms with Crippen molar-refractivity contribution in [1.29, 1.82) is 0 Å². The zero-order valence-corrected chi connectivity index (χ0v) is 10.8. The Balaban J connectivity index is 1.92. The summed E-state index contributed by atoms with van der Waals surface area (Å²) in [4.78, 5) is 24.1. The molecular weight excluding hydrogens is 256 g/mol. The maximum Gasteiger partial charge on any atom is 0.282 e. The van der Waals surface area contributed by atoms with Crippen molar-refractivity contribution in [1.82, 2.24) is 5.43 Å². The number of furan rings is 1. The molecular formula is C15H12N2O3. The number of hydrazine groups is 1. The molecule has 0 radical (unpaired) electrons. The van der Waals surface area contributed by atoms with Gasteiger partial charge < -0.3 is 4.42 Å². The molecule has 5 nitrogen and oxygen atoms in total. The van der Waals surface area contributed by atoms with E-state index >= 15 is 0 Å². The molecule has 0 bridgehead atoms. The summed E-state index contributed by atoms with van der Waals surface area (Å²) >= 11 is 0. The zero-order chi connectivity index (χ0) is 14.1. The predicted molar refractivity (Wildman–Crippen MR) is 73.5 cm³/mol. The second-order valence-corrected chi connectivity index (χ2v) is 4.49. The van der Waals surface area contributed by atoms with Crippen LogP contribution in [0.5, 0.6) is 0 Å². The van der Waals surface area contributed by atoms with Crippen LogP contribution in [0, 0.1) is 6.92 Å². The molecule has 2 heterocycles. The van der Waals surface area contributed by atoms with Gasteiger partial charge in [-0.2, -0.15) is 0 Å². The van der Waals surface area contributed by atoms with Gasteiger partial charge in [0.2, 0.25) is 0 Å². The van der Waals surface area contributed by atoms with E-state index in [0.717, 1.165) is 5.56 Å². The molecule has 2 amide bonds. The zero-order valence-electron chi connectivity index (χ0n) is 10.8. The molecule has 0 aliphatic carbocycles. The first kappa shape index (κ1) is 12.2. The third kappa shape index (κ3) is 2.09. The lowest BCUT2D eigenvalue weighted by molar-refractivity contribution is -0.117. The molecule has 0 spiro atoms. The largest absolute Gasteiger partial charge is 0.465 e. The lowest BCUT2D eigenvalue weighted by Gasteiger charge is -2.14. The number of rotatable bonds is 2. The topological polar surface area (TPSA) is 62.6 Å². The van der Waals surface area contributed by atoms with Crippen LogP contribution >= 0.6 is 0 Å². The van der Waals surface area contributed by atoms with Gasteiger partial charge in [0.1, 0.15) is 11.3 Å². The van der Waals surface area contributed by atoms with Crippen LogP contribution in [0.1, 0.15) is 11.3 Å². The van der Waals surface area contributed by atoms with Crippen LogP contribution in [0.2, 0.25) is 0 Å². The normalized spacial score (nSPS) is 16.9. The second-order valence-electron chi connectivity index (χ2n) is 4.49. The molecule has 0 atom stereocenters. The lowest BCUT2D eigenvalue weighted by Crippen LogP contribution is -2.35. The van der Waals surface area contributed by atoms with Crippen LogP contribution in [0.3, 0.4) is 0 Å². The molecule has 1 aromatic carbocycles. The van der Waals surface area contributed by atoms with Crippen LogP contribution in [-0.2, 0) is 9.59 Å². The molecule has 1 fully saturated rings. The first-order valence-corrected chi connectivity index (χ1v) is 6.12. The molecule has 0 unspecified atom stereocenters. The Morgan fingerprint density at radius 3 is 2.55 bits per heavy atom. The quantitative estimate of drug-likeness (QED) is 0.669. The Labute approximate surface area is 115 Å². The van der Waals surface area contributed by atoms with Gasteiger partial charge in [0.25, 0.3) is 11.8 Å². The summed E-state index contributed by atoms with van der Waals surface area (Å²) in [5.74, 6) is -0.364. The lowest BCUT2D eigenvalue weighted by atomic mass is 10.2. The minimum atomic E-state index is -0.438. The minimum Gasteiger partial charge on any atom is -0.465 e. The van der Waals surface area contributed by atoms with Crippen molar-refractivity contribution in [2.45, 2.75) is 6.92 Å². The van der Waals surface area contributed by atoms with E-state index in [-0.39, 0.29) is 5.57 Å². The molecule has 0 saturated carbocycles. The molecule has 1 aromatic heterocycles. The Morgan fingerprint density at radius 2 is 1.90 bits per heavy atom. The summed E-state index contributed by atoms with van der Waals surface area (Å²) in [7, 11) is 0. The van der Waals surface area contributed by atoms with Crippen molar-refractivity contribution in [3.05, 3.63) is 59.6 Å². The highest BCUT2D eigenvalue weighted by atomic mass is 16.3. The molecule has 100 valence electrons. The SMILES string of the molecule is Cc1ccc(N2NC(=O)/C(=C/c3ccco3)C2=O)cc1. The Morgan fingerprint density at radius 1 is 1.15 bits per heavy atom. The number of benzene rings is 1. The van der Waals surface area contributed by atoms with Gasteiger partial charge in [-0.05, 0) is 37.3 Å². The van der Waals surface area contributed by atoms with E-state index in [1.807, 2.05) is 19.1 Å². The maximum atomic E-state index is 12.3. The molecule has 1 saturated heterocycles. The van der Waals surface area contributed by atoms with Crippen LogP contribution in [0.4, 0.5) is 5.69 Å². The van der Waals surface area contributed by atoms with Crippen LogP contribution in [0.15, 0.2) is 52.7 Å². The molecule has 1 aliphatic rings. The monoisotopic (exact) mass is 268 g/mol. The number of nitrogens with zero attached hydrogens (tertiary/aromatic N) is 1. The minimum absolute atomic E-state index is 0.0560. The van der Waals surface area contributed by atoms with Gasteiger partial charge in [0, 0.05) is 0 Å². The maximum absolute atomic E-state index is 12.3. The fourth-order valence-electron chi connectivity index (χ4n) is 1.95. The molecule has 20 heavy (non-hydrogen) atoms. The summed E-state index contributed by atoms with van der Waals surface area (Å²) in [6, 6.07) is 10.7. The van der Waals surface area contributed by atoms with Crippen molar-refractivity contribution in [3.63, 3.8) is 0 Å². The summed E-state index contributed by atoms with van der Waals surface area (Å²) in [6.07, 6.45) is 2.92. The van der Waals surface area contributed by atoms with E-state index in [0.29, 0.717) is 11.4 Å². The molecule has 3 rings (SSSR count). The molecule has 5 heteroatoms. The number of hydrogen-bond donors (Lipinski definition) is 1. The number of carbonyl (C=O) groups excluding carboxylic acids is 2. The number of aryl methyl sites for hydroxylation is 1. The highest BCUT2D eigenvalue weighted by Gasteiger charge is 2.34. The average molecular weight is 268 g/mol. The Bertz CT molecular complexity index is 684. The smallest absolute Gasteiger partial charge is 0.282 e. The number of amides is 2. The van der Waals surface area contributed by atoms with Gasteiger partial charge in [-0.1, -0.05) is 17.7 Å². The standard InChI is InChI=1S/C15H12N2O3/c1-10-4-6-11(7-5-10)17-15(19)13(14(18)16-17)9-12-3-2-8-20-12/h2-9H,1H3,(H,16,18)/b13-9-. The highest BCUT2D eigenvalue weighted by Crippen LogP contribution is 2.21. The fourth-order valence-corrected chi connectivity index (χ4v) is 1.95. The van der Waals surface area contributed by atoms with Gasteiger partial charge in [-0.15, -0.1) is 0 Å². The molecule has 1 N–H and O–H groups in total. The summed E-state index contributed by atoms with van der Waals surface area (Å²) < 4.78 is 5.12. The van der Waals surface area contributed by atoms with Crippen LogP contribution in [-0.4, -0.2) is 11.8 Å². The van der Waals surface area contributed by atoms with Gasteiger partial charge in [-0.3, -0.25) is 15.0 Å². The summed E-state index contributed by atoms with van der Waals surface area (Å²) in [5.41, 5.74) is 4.30. The first-order chi connectivity index (χ1) is 9.65. The van der Waals surface area contributed by atoms with Crippen molar-refractivity contribution in [2.24, 2.45) is 0 Å². The second kappa shape index (κ2) is 4.70. The van der Waals surface area contributed by atoms with Crippen molar-refractivity contribution in [3.8, 4) is 0 Å². The third-order valence-corrected chi connectivity index (χ3v) is 3.01. The highest BCUT2D eigenvalue weighted by molar-refractivity contribution is 6.31. The van der Waals surface area contributed by atoms with E-state index in [2.05, 4.69) is 5.43 Å². The number of nitrogens with one attached hydrogen (secondary N) is 1. The van der Waals surface area contributed by atoms with E-state index in [9.17, 15) is 9.59 Å². The van der Waals surface area contributed by atoms with Gasteiger partial charge in [-0.25, -0.2) is 5.01 Å². The van der Waals surface area contributed by atoms with Gasteiger partial charge in [0.15, 0.2) is 0 Å². The van der Waals surface area contributed by atoms with E-state index < -0.39 is 11.8 Å². The summed E-state index contributed by atoms with van der Waals surface area (Å²) in [6.45, 7) is 1.95. The van der Waals surface area contributed by atoms with Crippen LogP contribution < -0.4 is 10.4 Å².